The SMILES string of the molecule is CCCCCCCCCCCCCC(OCC)OCC. The Morgan fingerprint density at radius 3 is 1.35 bits per heavy atom. The summed E-state index contributed by atoms with van der Waals surface area (Å²) >= 11 is 0. The van der Waals surface area contributed by atoms with E-state index in [1.165, 1.54) is 70.6 Å². The zero-order valence-corrected chi connectivity index (χ0v) is 14.3. The van der Waals surface area contributed by atoms with E-state index in [-0.39, 0.29) is 6.29 Å². The molecule has 0 radical (unpaired) electrons. The molecule has 0 amide bonds. The topological polar surface area (TPSA) is 18.5 Å². The van der Waals surface area contributed by atoms with Gasteiger partial charge in [0.15, 0.2) is 6.29 Å². The van der Waals surface area contributed by atoms with Crippen LogP contribution >= 0.6 is 0 Å². The first kappa shape index (κ1) is 19.9. The van der Waals surface area contributed by atoms with Gasteiger partial charge in [-0.05, 0) is 26.7 Å². The Kier molecular flexibility index (Phi) is 16.9. The Morgan fingerprint density at radius 2 is 0.950 bits per heavy atom. The summed E-state index contributed by atoms with van der Waals surface area (Å²) in [5.41, 5.74) is 0. The van der Waals surface area contributed by atoms with Gasteiger partial charge in [-0.2, -0.15) is 0 Å². The normalized spacial score (nSPS) is 11.4. The molecule has 2 nitrogen and oxygen atoms in total. The monoisotopic (exact) mass is 286 g/mol. The van der Waals surface area contributed by atoms with Gasteiger partial charge < -0.3 is 9.47 Å². The lowest BCUT2D eigenvalue weighted by atomic mass is 10.1. The van der Waals surface area contributed by atoms with Crippen LogP contribution in [0.4, 0.5) is 0 Å². The van der Waals surface area contributed by atoms with E-state index in [9.17, 15) is 0 Å². The van der Waals surface area contributed by atoms with E-state index >= 15 is 0 Å². The third-order valence-electron chi connectivity index (χ3n) is 3.75. The first-order chi connectivity index (χ1) is 9.85. The van der Waals surface area contributed by atoms with Crippen LogP contribution in [0.15, 0.2) is 0 Å². The predicted molar refractivity (Wildman–Crippen MR) is 88.1 cm³/mol. The van der Waals surface area contributed by atoms with Gasteiger partial charge in [0.1, 0.15) is 0 Å². The molecule has 0 aliphatic heterocycles. The molecule has 0 rings (SSSR count). The molecule has 0 N–H and O–H groups in total. The number of hydrogen-bond acceptors (Lipinski definition) is 2. The molecule has 0 saturated carbocycles. The van der Waals surface area contributed by atoms with Crippen LogP contribution in [0.25, 0.3) is 0 Å². The lowest BCUT2D eigenvalue weighted by molar-refractivity contribution is -0.140. The standard InChI is InChI=1S/C18H38O2/c1-4-7-8-9-10-11-12-13-14-15-16-17-18(19-5-2)20-6-3/h18H,4-17H2,1-3H3. The number of unbranched alkanes of at least 4 members (excludes halogenated alkanes) is 10. The maximum Gasteiger partial charge on any atom is 0.157 e. The molecule has 0 aromatic rings. The molecule has 0 bridgehead atoms. The molecule has 20 heavy (non-hydrogen) atoms. The fraction of sp³-hybridized carbons (Fsp3) is 1.00. The van der Waals surface area contributed by atoms with Gasteiger partial charge in [0, 0.05) is 13.2 Å². The van der Waals surface area contributed by atoms with E-state index < -0.39 is 0 Å². The van der Waals surface area contributed by atoms with Gasteiger partial charge >= 0.3 is 0 Å². The van der Waals surface area contributed by atoms with E-state index in [1.807, 2.05) is 13.8 Å². The Bertz CT molecular complexity index is 165. The molecule has 0 fully saturated rings. The highest BCUT2D eigenvalue weighted by molar-refractivity contribution is 4.50. The Balaban J connectivity index is 3.18. The summed E-state index contributed by atoms with van der Waals surface area (Å²) in [7, 11) is 0. The lowest BCUT2D eigenvalue weighted by Gasteiger charge is -2.16. The van der Waals surface area contributed by atoms with Crippen LogP contribution in [0.5, 0.6) is 0 Å². The molecule has 0 unspecified atom stereocenters. The van der Waals surface area contributed by atoms with Crippen LogP contribution in [0, 0.1) is 0 Å². The second-order valence-electron chi connectivity index (χ2n) is 5.66. The molecule has 0 aliphatic rings. The molecule has 2 heteroatoms. The van der Waals surface area contributed by atoms with Crippen molar-refractivity contribution in [1.29, 1.82) is 0 Å². The van der Waals surface area contributed by atoms with Gasteiger partial charge in [-0.15, -0.1) is 0 Å². The van der Waals surface area contributed by atoms with Crippen LogP contribution < -0.4 is 0 Å². The average Bonchev–Trinajstić information content (AvgIpc) is 2.45. The molecule has 0 heterocycles. The maximum atomic E-state index is 5.55. The van der Waals surface area contributed by atoms with Crippen molar-refractivity contribution in [3.63, 3.8) is 0 Å². The van der Waals surface area contributed by atoms with E-state index in [0.717, 1.165) is 19.6 Å². The molecule has 0 aliphatic carbocycles. The Labute approximate surface area is 127 Å². The van der Waals surface area contributed by atoms with Crippen molar-refractivity contribution < 1.29 is 9.47 Å². The summed E-state index contributed by atoms with van der Waals surface area (Å²) in [4.78, 5) is 0. The molecule has 0 spiro atoms. The van der Waals surface area contributed by atoms with E-state index in [1.54, 1.807) is 0 Å². The molecule has 0 aromatic heterocycles. The lowest BCUT2D eigenvalue weighted by Crippen LogP contribution is -2.17. The molecule has 0 atom stereocenters. The second-order valence-corrected chi connectivity index (χ2v) is 5.66. The average molecular weight is 286 g/mol. The zero-order chi connectivity index (χ0) is 14.9. The van der Waals surface area contributed by atoms with Crippen molar-refractivity contribution in [2.45, 2.75) is 104 Å². The van der Waals surface area contributed by atoms with Crippen molar-refractivity contribution in [2.24, 2.45) is 0 Å². The number of rotatable bonds is 16. The van der Waals surface area contributed by atoms with Crippen molar-refractivity contribution in [3.05, 3.63) is 0 Å². The molecular formula is C18H38O2. The highest BCUT2D eigenvalue weighted by Gasteiger charge is 2.06. The van der Waals surface area contributed by atoms with E-state index in [4.69, 9.17) is 9.47 Å². The largest absolute Gasteiger partial charge is 0.353 e. The quantitative estimate of drug-likeness (QED) is 0.252. The Hall–Kier alpha value is -0.0800. The fourth-order valence-corrected chi connectivity index (χ4v) is 2.56. The molecule has 0 saturated heterocycles. The van der Waals surface area contributed by atoms with Crippen LogP contribution in [-0.2, 0) is 9.47 Å². The summed E-state index contributed by atoms with van der Waals surface area (Å²) in [6.07, 6.45) is 16.4. The van der Waals surface area contributed by atoms with Gasteiger partial charge in [0.2, 0.25) is 0 Å². The highest BCUT2D eigenvalue weighted by Crippen LogP contribution is 2.13. The van der Waals surface area contributed by atoms with E-state index in [0.29, 0.717) is 0 Å². The van der Waals surface area contributed by atoms with Gasteiger partial charge in [-0.25, -0.2) is 0 Å². The number of ether oxygens (including phenoxy) is 2. The summed E-state index contributed by atoms with van der Waals surface area (Å²) in [6.45, 7) is 7.85. The maximum absolute atomic E-state index is 5.55. The summed E-state index contributed by atoms with van der Waals surface area (Å²) in [5.74, 6) is 0. The predicted octanol–water partition coefficient (Wildman–Crippen LogP) is 6.09. The van der Waals surface area contributed by atoms with Crippen molar-refractivity contribution in [2.75, 3.05) is 13.2 Å². The van der Waals surface area contributed by atoms with Crippen molar-refractivity contribution in [1.82, 2.24) is 0 Å². The van der Waals surface area contributed by atoms with Crippen molar-refractivity contribution in [3.8, 4) is 0 Å². The molecule has 122 valence electrons. The molecule has 0 aromatic carbocycles. The van der Waals surface area contributed by atoms with Crippen molar-refractivity contribution >= 4 is 0 Å². The summed E-state index contributed by atoms with van der Waals surface area (Å²) in [6, 6.07) is 0. The number of hydrogen-bond donors (Lipinski definition) is 0. The molecular weight excluding hydrogens is 248 g/mol. The summed E-state index contributed by atoms with van der Waals surface area (Å²) in [5, 5.41) is 0. The third-order valence-corrected chi connectivity index (χ3v) is 3.75. The van der Waals surface area contributed by atoms with Gasteiger partial charge in [0.05, 0.1) is 0 Å². The zero-order valence-electron chi connectivity index (χ0n) is 14.3. The van der Waals surface area contributed by atoms with Crippen LogP contribution in [0.3, 0.4) is 0 Å². The minimum Gasteiger partial charge on any atom is -0.353 e. The third kappa shape index (κ3) is 14.3. The fourth-order valence-electron chi connectivity index (χ4n) is 2.56. The van der Waals surface area contributed by atoms with Crippen LogP contribution in [-0.4, -0.2) is 19.5 Å². The highest BCUT2D eigenvalue weighted by atomic mass is 16.7. The smallest absolute Gasteiger partial charge is 0.157 e. The first-order valence-electron chi connectivity index (χ1n) is 9.08. The first-order valence-corrected chi connectivity index (χ1v) is 9.08. The van der Waals surface area contributed by atoms with Crippen LogP contribution in [0.1, 0.15) is 97.8 Å². The van der Waals surface area contributed by atoms with Gasteiger partial charge in [0.25, 0.3) is 0 Å². The van der Waals surface area contributed by atoms with E-state index in [2.05, 4.69) is 6.92 Å². The van der Waals surface area contributed by atoms with Crippen LogP contribution in [0.2, 0.25) is 0 Å². The summed E-state index contributed by atoms with van der Waals surface area (Å²) < 4.78 is 11.1. The second kappa shape index (κ2) is 17.0. The minimum atomic E-state index is 0.0311. The Morgan fingerprint density at radius 1 is 0.550 bits per heavy atom. The minimum absolute atomic E-state index is 0.0311. The van der Waals surface area contributed by atoms with Gasteiger partial charge in [-0.1, -0.05) is 71.1 Å². The van der Waals surface area contributed by atoms with Gasteiger partial charge in [-0.3, -0.25) is 0 Å².